The average Bonchev–Trinajstić information content (AvgIpc) is 2.38. The first kappa shape index (κ1) is 15.6. The van der Waals surface area contributed by atoms with E-state index in [1.165, 1.54) is 0 Å². The number of aromatic nitrogens is 1. The molecular weight excluding hydrogens is 316 g/mol. The van der Waals surface area contributed by atoms with Crippen LogP contribution in [0.15, 0.2) is 24.4 Å². The van der Waals surface area contributed by atoms with E-state index in [2.05, 4.69) is 25.6 Å². The lowest BCUT2D eigenvalue weighted by Gasteiger charge is -2.06. The number of aryl methyl sites for hydroxylation is 1. The third kappa shape index (κ3) is 7.08. The molecule has 1 aromatic heterocycles. The Morgan fingerprint density at radius 3 is 2.72 bits per heavy atom. The molecule has 0 radical (unpaired) electrons. The Kier molecular flexibility index (Phi) is 7.46. The van der Waals surface area contributed by atoms with Crippen LogP contribution >= 0.6 is 15.9 Å². The fourth-order valence-electron chi connectivity index (χ4n) is 1.48. The molecular formula is C12H19BrN2O2S. The van der Waals surface area contributed by atoms with Gasteiger partial charge >= 0.3 is 0 Å². The van der Waals surface area contributed by atoms with E-state index in [1.54, 1.807) is 6.20 Å². The Labute approximate surface area is 117 Å². The average molecular weight is 335 g/mol. The molecule has 1 N–H and O–H groups in total. The molecule has 18 heavy (non-hydrogen) atoms. The summed E-state index contributed by atoms with van der Waals surface area (Å²) in [4.78, 5) is 4.11. The Bertz CT molecular complexity index is 423. The molecule has 0 spiro atoms. The minimum Gasteiger partial charge on any atom is -0.261 e. The van der Waals surface area contributed by atoms with Crippen LogP contribution in [0.4, 0.5) is 0 Å². The molecule has 0 unspecified atom stereocenters. The van der Waals surface area contributed by atoms with E-state index in [4.69, 9.17) is 0 Å². The number of nitrogens with one attached hydrogen (secondary N) is 1. The standard InChI is InChI=1S/C12H19BrN2O2S/c13-8-3-1-4-10-15-18(16,17)11-7-12-6-2-5-9-14-12/h2,5-6,9,15H,1,3-4,7-8,10-11H2. The number of alkyl halides is 1. The van der Waals surface area contributed by atoms with Crippen molar-refractivity contribution in [2.24, 2.45) is 0 Å². The number of halogens is 1. The Morgan fingerprint density at radius 2 is 2.06 bits per heavy atom. The number of nitrogens with zero attached hydrogens (tertiary/aromatic N) is 1. The van der Waals surface area contributed by atoms with Gasteiger partial charge in [-0.2, -0.15) is 0 Å². The molecule has 0 bridgehead atoms. The topological polar surface area (TPSA) is 59.1 Å². The number of pyridine rings is 1. The lowest BCUT2D eigenvalue weighted by Crippen LogP contribution is -2.28. The summed E-state index contributed by atoms with van der Waals surface area (Å²) in [5.41, 5.74) is 0.808. The predicted octanol–water partition coefficient (Wildman–Crippen LogP) is 2.11. The number of sulfonamides is 1. The van der Waals surface area contributed by atoms with Crippen LogP contribution in [-0.4, -0.2) is 31.0 Å². The fourth-order valence-corrected chi connectivity index (χ4v) is 2.96. The van der Waals surface area contributed by atoms with Crippen molar-refractivity contribution in [2.75, 3.05) is 17.6 Å². The molecule has 102 valence electrons. The third-order valence-corrected chi connectivity index (χ3v) is 4.43. The molecule has 0 aliphatic carbocycles. The van der Waals surface area contributed by atoms with E-state index in [0.717, 1.165) is 30.3 Å². The summed E-state index contributed by atoms with van der Waals surface area (Å²) < 4.78 is 26.0. The summed E-state index contributed by atoms with van der Waals surface area (Å²) in [5.74, 6) is 0.0997. The molecule has 1 aromatic rings. The number of rotatable bonds is 9. The minimum absolute atomic E-state index is 0.0997. The summed E-state index contributed by atoms with van der Waals surface area (Å²) in [7, 11) is -3.17. The van der Waals surface area contributed by atoms with Crippen LogP contribution in [0.5, 0.6) is 0 Å². The maximum Gasteiger partial charge on any atom is 0.211 e. The second kappa shape index (κ2) is 8.61. The zero-order valence-corrected chi connectivity index (χ0v) is 12.7. The molecule has 6 heteroatoms. The Hall–Kier alpha value is -0.460. The monoisotopic (exact) mass is 334 g/mol. The molecule has 0 saturated heterocycles. The maximum atomic E-state index is 11.7. The van der Waals surface area contributed by atoms with Gasteiger partial charge in [-0.25, -0.2) is 13.1 Å². The van der Waals surface area contributed by atoms with Gasteiger partial charge in [0.2, 0.25) is 10.0 Å². The van der Waals surface area contributed by atoms with Gasteiger partial charge < -0.3 is 0 Å². The summed E-state index contributed by atoms with van der Waals surface area (Å²) in [6.45, 7) is 0.525. The lowest BCUT2D eigenvalue weighted by molar-refractivity contribution is 0.575. The van der Waals surface area contributed by atoms with Gasteiger partial charge in [-0.3, -0.25) is 4.98 Å². The van der Waals surface area contributed by atoms with E-state index in [-0.39, 0.29) is 5.75 Å². The van der Waals surface area contributed by atoms with Gasteiger partial charge in [0, 0.05) is 30.2 Å². The third-order valence-electron chi connectivity index (χ3n) is 2.49. The zero-order chi connectivity index (χ0) is 13.3. The first-order valence-electron chi connectivity index (χ1n) is 6.07. The van der Waals surface area contributed by atoms with E-state index >= 15 is 0 Å². The predicted molar refractivity (Wildman–Crippen MR) is 77.4 cm³/mol. The molecule has 0 saturated carbocycles. The van der Waals surface area contributed by atoms with Crippen molar-refractivity contribution in [3.8, 4) is 0 Å². The minimum atomic E-state index is -3.17. The number of hydrogen-bond acceptors (Lipinski definition) is 3. The molecule has 0 amide bonds. The number of unbranched alkanes of at least 4 members (excludes halogenated alkanes) is 2. The van der Waals surface area contributed by atoms with Crippen LogP contribution in [0.1, 0.15) is 25.0 Å². The highest BCUT2D eigenvalue weighted by Gasteiger charge is 2.09. The highest BCUT2D eigenvalue weighted by atomic mass is 79.9. The molecule has 0 fully saturated rings. The quantitative estimate of drug-likeness (QED) is 0.555. The molecule has 0 aromatic carbocycles. The first-order valence-corrected chi connectivity index (χ1v) is 8.84. The van der Waals surface area contributed by atoms with Crippen LogP contribution < -0.4 is 4.72 Å². The molecule has 1 heterocycles. The van der Waals surface area contributed by atoms with Crippen molar-refractivity contribution in [1.82, 2.24) is 9.71 Å². The summed E-state index contributed by atoms with van der Waals surface area (Å²) in [5, 5.41) is 0.972. The normalized spacial score (nSPS) is 11.6. The van der Waals surface area contributed by atoms with Gasteiger partial charge in [0.1, 0.15) is 0 Å². The molecule has 4 nitrogen and oxygen atoms in total. The van der Waals surface area contributed by atoms with Crippen LogP contribution in [0.3, 0.4) is 0 Å². The zero-order valence-electron chi connectivity index (χ0n) is 10.3. The van der Waals surface area contributed by atoms with Gasteiger partial charge in [0.15, 0.2) is 0 Å². The van der Waals surface area contributed by atoms with Crippen molar-refractivity contribution in [3.05, 3.63) is 30.1 Å². The highest BCUT2D eigenvalue weighted by molar-refractivity contribution is 9.09. The van der Waals surface area contributed by atoms with Crippen molar-refractivity contribution in [2.45, 2.75) is 25.7 Å². The van der Waals surface area contributed by atoms with Crippen LogP contribution in [0.25, 0.3) is 0 Å². The van der Waals surface area contributed by atoms with Gasteiger partial charge in [-0.15, -0.1) is 0 Å². The summed E-state index contributed by atoms with van der Waals surface area (Å²) in [6, 6.07) is 5.52. The molecule has 0 aliphatic rings. The van der Waals surface area contributed by atoms with Crippen molar-refractivity contribution < 1.29 is 8.42 Å². The van der Waals surface area contributed by atoms with Crippen LogP contribution in [0, 0.1) is 0 Å². The Balaban J connectivity index is 2.23. The molecule has 1 rings (SSSR count). The maximum absolute atomic E-state index is 11.7. The number of hydrogen-bond donors (Lipinski definition) is 1. The van der Waals surface area contributed by atoms with E-state index in [9.17, 15) is 8.42 Å². The van der Waals surface area contributed by atoms with Gasteiger partial charge in [0.25, 0.3) is 0 Å². The molecule has 0 aliphatic heterocycles. The van der Waals surface area contributed by atoms with Crippen molar-refractivity contribution in [1.29, 1.82) is 0 Å². The van der Waals surface area contributed by atoms with Crippen molar-refractivity contribution >= 4 is 26.0 Å². The van der Waals surface area contributed by atoms with Crippen molar-refractivity contribution in [3.63, 3.8) is 0 Å². The van der Waals surface area contributed by atoms with Gasteiger partial charge in [-0.05, 0) is 25.0 Å². The van der Waals surface area contributed by atoms with E-state index < -0.39 is 10.0 Å². The molecule has 0 atom stereocenters. The fraction of sp³-hybridized carbons (Fsp3) is 0.583. The Morgan fingerprint density at radius 1 is 1.22 bits per heavy atom. The van der Waals surface area contributed by atoms with E-state index in [0.29, 0.717) is 13.0 Å². The van der Waals surface area contributed by atoms with Crippen LogP contribution in [0.2, 0.25) is 0 Å². The first-order chi connectivity index (χ1) is 8.64. The lowest BCUT2D eigenvalue weighted by atomic mass is 10.3. The largest absolute Gasteiger partial charge is 0.261 e. The van der Waals surface area contributed by atoms with Crippen LogP contribution in [-0.2, 0) is 16.4 Å². The second-order valence-corrected chi connectivity index (χ2v) is 6.75. The second-order valence-electron chi connectivity index (χ2n) is 4.03. The highest BCUT2D eigenvalue weighted by Crippen LogP contribution is 2.00. The smallest absolute Gasteiger partial charge is 0.211 e. The van der Waals surface area contributed by atoms with Gasteiger partial charge in [0.05, 0.1) is 5.75 Å². The SMILES string of the molecule is O=S(=O)(CCc1ccccn1)NCCCCCBr. The van der Waals surface area contributed by atoms with Gasteiger partial charge in [-0.1, -0.05) is 28.4 Å². The van der Waals surface area contributed by atoms with E-state index in [1.807, 2.05) is 18.2 Å². The summed E-state index contributed by atoms with van der Waals surface area (Å²) in [6.07, 6.45) is 5.13. The summed E-state index contributed by atoms with van der Waals surface area (Å²) >= 11 is 3.35.